The lowest BCUT2D eigenvalue weighted by atomic mass is 10.2. The van der Waals surface area contributed by atoms with Crippen molar-refractivity contribution in [1.29, 1.82) is 0 Å². The summed E-state index contributed by atoms with van der Waals surface area (Å²) in [5.74, 6) is -0.766. The van der Waals surface area contributed by atoms with Crippen LogP contribution in [-0.2, 0) is 4.74 Å². The van der Waals surface area contributed by atoms with Gasteiger partial charge in [-0.05, 0) is 43.3 Å². The summed E-state index contributed by atoms with van der Waals surface area (Å²) in [6.45, 7) is 0. The normalized spacial score (nSPS) is 14.3. The van der Waals surface area contributed by atoms with Crippen molar-refractivity contribution < 1.29 is 13.9 Å². The van der Waals surface area contributed by atoms with Gasteiger partial charge in [0.15, 0.2) is 4.77 Å². The van der Waals surface area contributed by atoms with E-state index in [9.17, 15) is 9.18 Å². The molecule has 0 unspecified atom stereocenters. The minimum atomic E-state index is -0.700. The van der Waals surface area contributed by atoms with Crippen LogP contribution in [0.15, 0.2) is 24.4 Å². The van der Waals surface area contributed by atoms with Crippen molar-refractivity contribution in [3.63, 3.8) is 0 Å². The number of hydrogen-bond donors (Lipinski definition) is 1. The fourth-order valence-corrected chi connectivity index (χ4v) is 2.41. The van der Waals surface area contributed by atoms with E-state index in [4.69, 9.17) is 12.2 Å². The molecule has 0 atom stereocenters. The van der Waals surface area contributed by atoms with Crippen molar-refractivity contribution in [3.8, 4) is 5.69 Å². The van der Waals surface area contributed by atoms with Crippen LogP contribution >= 0.6 is 12.2 Å². The summed E-state index contributed by atoms with van der Waals surface area (Å²) in [6.07, 6.45) is 4.23. The van der Waals surface area contributed by atoms with Crippen LogP contribution in [0.2, 0.25) is 0 Å². The predicted molar refractivity (Wildman–Crippen MR) is 74.2 cm³/mol. The van der Waals surface area contributed by atoms with Crippen LogP contribution in [0.25, 0.3) is 5.69 Å². The van der Waals surface area contributed by atoms with Crippen molar-refractivity contribution >= 4 is 18.2 Å². The van der Waals surface area contributed by atoms with Crippen LogP contribution in [-0.4, -0.2) is 22.6 Å². The van der Waals surface area contributed by atoms with Crippen LogP contribution in [0.4, 0.5) is 4.39 Å². The van der Waals surface area contributed by atoms with Gasteiger partial charge in [0.2, 0.25) is 0 Å². The highest BCUT2D eigenvalue weighted by Gasteiger charge is 2.25. The van der Waals surface area contributed by atoms with Gasteiger partial charge in [0.25, 0.3) is 0 Å². The molecular formula is C14H13FN2O2S. The van der Waals surface area contributed by atoms with Crippen LogP contribution in [0.3, 0.4) is 0 Å². The van der Waals surface area contributed by atoms with Crippen molar-refractivity contribution in [1.82, 2.24) is 9.55 Å². The Hall–Kier alpha value is -1.95. The summed E-state index contributed by atoms with van der Waals surface area (Å²) in [7, 11) is 1.22. The Labute approximate surface area is 120 Å². The quantitative estimate of drug-likeness (QED) is 0.697. The van der Waals surface area contributed by atoms with Crippen LogP contribution in [0, 0.1) is 10.6 Å². The van der Waals surface area contributed by atoms with Crippen molar-refractivity contribution in [3.05, 3.63) is 46.2 Å². The molecule has 1 aromatic carbocycles. The zero-order valence-corrected chi connectivity index (χ0v) is 11.7. The topological polar surface area (TPSA) is 47.0 Å². The van der Waals surface area contributed by atoms with Gasteiger partial charge in [-0.3, -0.25) is 4.57 Å². The third-order valence-corrected chi connectivity index (χ3v) is 3.69. The van der Waals surface area contributed by atoms with Gasteiger partial charge in [0.1, 0.15) is 5.82 Å². The van der Waals surface area contributed by atoms with Crippen LogP contribution in [0.5, 0.6) is 0 Å². The standard InChI is InChI=1S/C14H13FN2O2S/c1-19-13(18)10-6-9(4-5-11(10)15)17-7-12(8-2-3-8)16-14(17)20/h4-8H,2-3H2,1H3,(H,16,20). The monoisotopic (exact) mass is 292 g/mol. The Morgan fingerprint density at radius 3 is 2.90 bits per heavy atom. The number of nitrogens with zero attached hydrogens (tertiary/aromatic N) is 1. The zero-order valence-electron chi connectivity index (χ0n) is 10.9. The maximum atomic E-state index is 13.6. The first-order chi connectivity index (χ1) is 9.60. The molecule has 20 heavy (non-hydrogen) atoms. The number of ether oxygens (including phenoxy) is 1. The first-order valence-corrected chi connectivity index (χ1v) is 6.71. The highest BCUT2D eigenvalue weighted by atomic mass is 32.1. The maximum absolute atomic E-state index is 13.6. The van der Waals surface area contributed by atoms with Gasteiger partial charge in [-0.2, -0.15) is 0 Å². The summed E-state index contributed by atoms with van der Waals surface area (Å²) in [6, 6.07) is 4.27. The number of nitrogens with one attached hydrogen (secondary N) is 1. The van der Waals surface area contributed by atoms with E-state index in [-0.39, 0.29) is 5.56 Å². The Balaban J connectivity index is 2.05. The number of imidazole rings is 1. The van der Waals surface area contributed by atoms with E-state index in [1.165, 1.54) is 19.2 Å². The number of benzene rings is 1. The molecule has 2 aromatic rings. The SMILES string of the molecule is COC(=O)c1cc(-n2cc(C3CC3)[nH]c2=S)ccc1F. The van der Waals surface area contributed by atoms with E-state index in [0.29, 0.717) is 16.4 Å². The van der Waals surface area contributed by atoms with Gasteiger partial charge in [-0.25, -0.2) is 9.18 Å². The van der Waals surface area contributed by atoms with Gasteiger partial charge in [-0.15, -0.1) is 0 Å². The third kappa shape index (κ3) is 2.27. The van der Waals surface area contributed by atoms with Gasteiger partial charge in [-0.1, -0.05) is 0 Å². The number of esters is 1. The average molecular weight is 292 g/mol. The van der Waals surface area contributed by atoms with Gasteiger partial charge < -0.3 is 9.72 Å². The van der Waals surface area contributed by atoms with E-state index in [1.54, 1.807) is 10.6 Å². The molecule has 0 aliphatic heterocycles. The Kier molecular flexibility index (Phi) is 3.17. The Bertz CT molecular complexity index is 731. The number of carbonyl (C=O) groups is 1. The molecule has 1 aromatic heterocycles. The molecule has 3 rings (SSSR count). The van der Waals surface area contributed by atoms with Gasteiger partial charge in [0.05, 0.1) is 12.7 Å². The highest BCUT2D eigenvalue weighted by molar-refractivity contribution is 7.71. The van der Waals surface area contributed by atoms with Crippen molar-refractivity contribution in [2.75, 3.05) is 7.11 Å². The zero-order chi connectivity index (χ0) is 14.3. The number of hydrogen-bond acceptors (Lipinski definition) is 3. The summed E-state index contributed by atoms with van der Waals surface area (Å²) in [5, 5.41) is 0. The largest absolute Gasteiger partial charge is 0.465 e. The number of aromatic amines is 1. The predicted octanol–water partition coefficient (Wildman–Crippen LogP) is 3.34. The molecule has 1 fully saturated rings. The van der Waals surface area contributed by atoms with Crippen LogP contribution < -0.4 is 0 Å². The molecule has 0 bridgehead atoms. The number of carbonyl (C=O) groups excluding carboxylic acids is 1. The summed E-state index contributed by atoms with van der Waals surface area (Å²) >= 11 is 5.27. The number of H-pyrrole nitrogens is 1. The molecule has 104 valence electrons. The molecule has 1 heterocycles. The number of aromatic nitrogens is 2. The van der Waals surface area contributed by atoms with Crippen molar-refractivity contribution in [2.24, 2.45) is 0 Å². The third-order valence-electron chi connectivity index (χ3n) is 3.39. The Morgan fingerprint density at radius 1 is 1.50 bits per heavy atom. The summed E-state index contributed by atoms with van der Waals surface area (Å²) in [4.78, 5) is 14.7. The van der Waals surface area contributed by atoms with Crippen LogP contribution in [0.1, 0.15) is 34.8 Å². The molecule has 0 amide bonds. The van der Waals surface area contributed by atoms with E-state index in [1.807, 2.05) is 6.20 Å². The smallest absolute Gasteiger partial charge is 0.340 e. The minimum Gasteiger partial charge on any atom is -0.465 e. The second-order valence-electron chi connectivity index (χ2n) is 4.81. The summed E-state index contributed by atoms with van der Waals surface area (Å²) < 4.78 is 20.5. The molecule has 0 saturated heterocycles. The van der Waals surface area contributed by atoms with Gasteiger partial charge >= 0.3 is 5.97 Å². The van der Waals surface area contributed by atoms with Gasteiger partial charge in [0, 0.05) is 23.5 Å². The second kappa shape index (κ2) is 4.86. The lowest BCUT2D eigenvalue weighted by Crippen LogP contribution is -2.06. The van der Waals surface area contributed by atoms with E-state index >= 15 is 0 Å². The maximum Gasteiger partial charge on any atom is 0.340 e. The fraction of sp³-hybridized carbons (Fsp3) is 0.286. The molecule has 1 aliphatic carbocycles. The number of rotatable bonds is 3. The molecule has 6 heteroatoms. The fourth-order valence-electron chi connectivity index (χ4n) is 2.14. The molecule has 0 radical (unpaired) electrons. The van der Waals surface area contributed by atoms with E-state index in [2.05, 4.69) is 9.72 Å². The van der Waals surface area contributed by atoms with E-state index in [0.717, 1.165) is 18.5 Å². The summed E-state index contributed by atoms with van der Waals surface area (Å²) in [5.41, 5.74) is 1.62. The molecule has 0 spiro atoms. The minimum absolute atomic E-state index is 0.0962. The number of halogens is 1. The molecule has 4 nitrogen and oxygen atoms in total. The average Bonchev–Trinajstić information content (AvgIpc) is 3.22. The first kappa shape index (κ1) is 13.1. The first-order valence-electron chi connectivity index (χ1n) is 6.30. The molecular weight excluding hydrogens is 279 g/mol. The highest BCUT2D eigenvalue weighted by Crippen LogP contribution is 2.39. The Morgan fingerprint density at radius 2 is 2.25 bits per heavy atom. The number of methoxy groups -OCH3 is 1. The lowest BCUT2D eigenvalue weighted by Gasteiger charge is -2.06. The van der Waals surface area contributed by atoms with Crippen molar-refractivity contribution in [2.45, 2.75) is 18.8 Å². The lowest BCUT2D eigenvalue weighted by molar-refractivity contribution is 0.0595. The second-order valence-corrected chi connectivity index (χ2v) is 5.20. The molecule has 1 saturated carbocycles. The van der Waals surface area contributed by atoms with E-state index < -0.39 is 11.8 Å². The molecule has 1 N–H and O–H groups in total. The molecule has 1 aliphatic rings.